The summed E-state index contributed by atoms with van der Waals surface area (Å²) in [5.41, 5.74) is 0.350. The molecule has 0 bridgehead atoms. The van der Waals surface area contributed by atoms with Gasteiger partial charge in [-0.15, -0.1) is 0 Å². The van der Waals surface area contributed by atoms with Gasteiger partial charge in [-0.05, 0) is 31.5 Å². The number of nitrogens with one attached hydrogen (secondary N) is 2. The maximum atomic E-state index is 12.2. The number of urea groups is 1. The predicted molar refractivity (Wildman–Crippen MR) is 77.3 cm³/mol. The van der Waals surface area contributed by atoms with E-state index < -0.39 is 5.54 Å². The molecule has 2 amide bonds. The standard InChI is InChI=1S/C15H21N3O2/c1-18(11-13-5-3-2-4-6-13)14(20)17-15(12-19)7-9-16-10-8-15/h2-6,12,16H,7-11H2,1H3,(H,17,20). The summed E-state index contributed by atoms with van der Waals surface area (Å²) in [6, 6.07) is 9.58. The molecule has 5 nitrogen and oxygen atoms in total. The Balaban J connectivity index is 1.94. The van der Waals surface area contributed by atoms with Crippen LogP contribution in [0.3, 0.4) is 0 Å². The van der Waals surface area contributed by atoms with Gasteiger partial charge in [0.2, 0.25) is 0 Å². The third-order valence-corrected chi connectivity index (χ3v) is 3.69. The number of carbonyl (C=O) groups excluding carboxylic acids is 2. The first kappa shape index (κ1) is 14.5. The van der Waals surface area contributed by atoms with Crippen molar-refractivity contribution >= 4 is 12.3 Å². The lowest BCUT2D eigenvalue weighted by atomic mass is 9.90. The minimum Gasteiger partial charge on any atom is -0.326 e. The zero-order chi connectivity index (χ0) is 14.4. The van der Waals surface area contributed by atoms with Crippen molar-refractivity contribution in [2.24, 2.45) is 0 Å². The molecule has 0 saturated carbocycles. The van der Waals surface area contributed by atoms with Gasteiger partial charge >= 0.3 is 6.03 Å². The Bertz CT molecular complexity index is 455. The fourth-order valence-electron chi connectivity index (χ4n) is 2.38. The summed E-state index contributed by atoms with van der Waals surface area (Å²) < 4.78 is 0. The van der Waals surface area contributed by atoms with Gasteiger partial charge in [-0.1, -0.05) is 30.3 Å². The largest absolute Gasteiger partial charge is 0.326 e. The first-order valence-electron chi connectivity index (χ1n) is 6.89. The second-order valence-corrected chi connectivity index (χ2v) is 5.30. The summed E-state index contributed by atoms with van der Waals surface area (Å²) in [6.45, 7) is 2.03. The van der Waals surface area contributed by atoms with Gasteiger partial charge in [-0.2, -0.15) is 0 Å². The lowest BCUT2D eigenvalue weighted by Crippen LogP contribution is -2.58. The van der Waals surface area contributed by atoms with E-state index >= 15 is 0 Å². The summed E-state index contributed by atoms with van der Waals surface area (Å²) >= 11 is 0. The number of piperidine rings is 1. The van der Waals surface area contributed by atoms with Crippen LogP contribution in [0.4, 0.5) is 4.79 Å². The highest BCUT2D eigenvalue weighted by atomic mass is 16.2. The lowest BCUT2D eigenvalue weighted by Gasteiger charge is -2.34. The number of benzene rings is 1. The number of aldehydes is 1. The summed E-state index contributed by atoms with van der Waals surface area (Å²) in [5.74, 6) is 0. The topological polar surface area (TPSA) is 61.4 Å². The molecule has 5 heteroatoms. The highest BCUT2D eigenvalue weighted by Gasteiger charge is 2.33. The molecule has 0 spiro atoms. The quantitative estimate of drug-likeness (QED) is 0.810. The second kappa shape index (κ2) is 6.52. The van der Waals surface area contributed by atoms with Gasteiger partial charge in [0.15, 0.2) is 0 Å². The summed E-state index contributed by atoms with van der Waals surface area (Å²) in [5, 5.41) is 6.07. The first-order valence-corrected chi connectivity index (χ1v) is 6.89. The van der Waals surface area contributed by atoms with Crippen molar-refractivity contribution in [2.45, 2.75) is 24.9 Å². The fourth-order valence-corrected chi connectivity index (χ4v) is 2.38. The molecule has 1 aliphatic rings. The number of rotatable bonds is 4. The number of amides is 2. The van der Waals surface area contributed by atoms with Crippen molar-refractivity contribution in [1.82, 2.24) is 15.5 Å². The average Bonchev–Trinajstić information content (AvgIpc) is 2.49. The van der Waals surface area contributed by atoms with E-state index in [0.717, 1.165) is 24.9 Å². The van der Waals surface area contributed by atoms with Crippen molar-refractivity contribution in [3.63, 3.8) is 0 Å². The van der Waals surface area contributed by atoms with Gasteiger partial charge in [-0.3, -0.25) is 0 Å². The number of hydrogen-bond acceptors (Lipinski definition) is 3. The Morgan fingerprint density at radius 1 is 1.35 bits per heavy atom. The molecule has 1 aliphatic heterocycles. The molecule has 1 saturated heterocycles. The summed E-state index contributed by atoms with van der Waals surface area (Å²) in [7, 11) is 1.74. The Morgan fingerprint density at radius 3 is 2.60 bits per heavy atom. The minimum atomic E-state index is -0.715. The van der Waals surface area contributed by atoms with Crippen LogP contribution in [0, 0.1) is 0 Å². The summed E-state index contributed by atoms with van der Waals surface area (Å²) in [6.07, 6.45) is 2.16. The highest BCUT2D eigenvalue weighted by molar-refractivity contribution is 5.80. The molecule has 1 aromatic carbocycles. The molecule has 2 N–H and O–H groups in total. The van der Waals surface area contributed by atoms with Crippen molar-refractivity contribution < 1.29 is 9.59 Å². The molecule has 0 unspecified atom stereocenters. The Morgan fingerprint density at radius 2 is 2.00 bits per heavy atom. The van der Waals surface area contributed by atoms with Gasteiger partial charge in [0.05, 0.1) is 5.54 Å². The fraction of sp³-hybridized carbons (Fsp3) is 0.467. The van der Waals surface area contributed by atoms with E-state index in [0.29, 0.717) is 19.4 Å². The maximum absolute atomic E-state index is 12.2. The lowest BCUT2D eigenvalue weighted by molar-refractivity contribution is -0.114. The van der Waals surface area contributed by atoms with Crippen LogP contribution in [0.25, 0.3) is 0 Å². The average molecular weight is 275 g/mol. The van der Waals surface area contributed by atoms with Crippen LogP contribution in [0.15, 0.2) is 30.3 Å². The van der Waals surface area contributed by atoms with Crippen molar-refractivity contribution in [3.05, 3.63) is 35.9 Å². The minimum absolute atomic E-state index is 0.206. The Labute approximate surface area is 119 Å². The molecule has 2 rings (SSSR count). The monoisotopic (exact) mass is 275 g/mol. The van der Waals surface area contributed by atoms with E-state index in [1.54, 1.807) is 11.9 Å². The van der Waals surface area contributed by atoms with Crippen molar-refractivity contribution in [2.75, 3.05) is 20.1 Å². The van der Waals surface area contributed by atoms with Gasteiger partial charge in [0, 0.05) is 13.6 Å². The van der Waals surface area contributed by atoms with Gasteiger partial charge in [0.1, 0.15) is 6.29 Å². The van der Waals surface area contributed by atoms with Crippen LogP contribution in [-0.2, 0) is 11.3 Å². The van der Waals surface area contributed by atoms with E-state index in [-0.39, 0.29) is 6.03 Å². The van der Waals surface area contributed by atoms with Crippen LogP contribution in [0.5, 0.6) is 0 Å². The SMILES string of the molecule is CN(Cc1ccccc1)C(=O)NC1(C=O)CCNCC1. The Hall–Kier alpha value is -1.88. The first-order chi connectivity index (χ1) is 9.65. The van der Waals surface area contributed by atoms with E-state index in [1.165, 1.54) is 0 Å². The van der Waals surface area contributed by atoms with Gasteiger partial charge in [-0.25, -0.2) is 4.79 Å². The van der Waals surface area contributed by atoms with Crippen molar-refractivity contribution in [1.29, 1.82) is 0 Å². The maximum Gasteiger partial charge on any atom is 0.318 e. The van der Waals surface area contributed by atoms with Crippen LogP contribution in [0.1, 0.15) is 18.4 Å². The van der Waals surface area contributed by atoms with Gasteiger partial charge in [0.25, 0.3) is 0 Å². The normalized spacial score (nSPS) is 17.2. The van der Waals surface area contributed by atoms with E-state index in [4.69, 9.17) is 0 Å². The number of hydrogen-bond donors (Lipinski definition) is 2. The summed E-state index contributed by atoms with van der Waals surface area (Å²) in [4.78, 5) is 25.2. The Kier molecular flexibility index (Phi) is 4.74. The molecule has 1 heterocycles. The molecule has 1 aromatic rings. The zero-order valence-corrected chi connectivity index (χ0v) is 11.8. The van der Waals surface area contributed by atoms with E-state index in [2.05, 4.69) is 10.6 Å². The van der Waals surface area contributed by atoms with Crippen LogP contribution < -0.4 is 10.6 Å². The van der Waals surface area contributed by atoms with Gasteiger partial charge < -0.3 is 20.3 Å². The van der Waals surface area contributed by atoms with Crippen LogP contribution in [0.2, 0.25) is 0 Å². The molecular formula is C15H21N3O2. The number of carbonyl (C=O) groups is 2. The molecular weight excluding hydrogens is 254 g/mol. The molecule has 20 heavy (non-hydrogen) atoms. The van der Waals surface area contributed by atoms with Crippen LogP contribution in [-0.4, -0.2) is 42.9 Å². The molecule has 108 valence electrons. The smallest absolute Gasteiger partial charge is 0.318 e. The molecule has 1 fully saturated rings. The van der Waals surface area contributed by atoms with Crippen LogP contribution >= 0.6 is 0 Å². The van der Waals surface area contributed by atoms with E-state index in [1.807, 2.05) is 30.3 Å². The predicted octanol–water partition coefficient (Wildman–Crippen LogP) is 1.15. The third-order valence-electron chi connectivity index (χ3n) is 3.69. The third kappa shape index (κ3) is 3.57. The molecule has 0 atom stereocenters. The second-order valence-electron chi connectivity index (χ2n) is 5.30. The van der Waals surface area contributed by atoms with Crippen molar-refractivity contribution in [3.8, 4) is 0 Å². The molecule has 0 radical (unpaired) electrons. The highest BCUT2D eigenvalue weighted by Crippen LogP contribution is 2.16. The zero-order valence-electron chi connectivity index (χ0n) is 11.8. The molecule has 0 aliphatic carbocycles. The number of nitrogens with zero attached hydrogens (tertiary/aromatic N) is 1. The van der Waals surface area contributed by atoms with E-state index in [9.17, 15) is 9.59 Å². The molecule has 0 aromatic heterocycles.